The summed E-state index contributed by atoms with van der Waals surface area (Å²) in [5.74, 6) is 0.152. The molecule has 4 rings (SSSR count). The average molecular weight is 347 g/mol. The highest BCUT2D eigenvalue weighted by molar-refractivity contribution is 5.89. The van der Waals surface area contributed by atoms with Gasteiger partial charge in [0.2, 0.25) is 5.91 Å². The molecule has 2 saturated heterocycles. The second-order valence-electron chi connectivity index (χ2n) is 7.17. The number of rotatable bonds is 4. The van der Waals surface area contributed by atoms with Crippen molar-refractivity contribution in [1.82, 2.24) is 10.2 Å². The minimum atomic E-state index is -0.345. The Kier molecular flexibility index (Phi) is 4.33. The molecule has 1 aliphatic carbocycles. The molecule has 0 aromatic heterocycles. The Morgan fingerprint density at radius 1 is 1.20 bits per heavy atom. The first-order valence-corrected chi connectivity index (χ1v) is 8.83. The number of carbonyl (C=O) groups excluding carboxylic acids is 2. The molecule has 1 saturated carbocycles. The van der Waals surface area contributed by atoms with Gasteiger partial charge in [-0.3, -0.25) is 4.79 Å². The van der Waals surface area contributed by atoms with E-state index in [9.17, 15) is 14.0 Å². The zero-order valence-corrected chi connectivity index (χ0v) is 13.9. The Labute approximate surface area is 145 Å². The molecule has 3 amide bonds. The van der Waals surface area contributed by atoms with Crippen molar-refractivity contribution >= 4 is 17.6 Å². The summed E-state index contributed by atoms with van der Waals surface area (Å²) in [7, 11) is 0. The zero-order valence-electron chi connectivity index (χ0n) is 13.9. The topological polar surface area (TPSA) is 70.7 Å². The first kappa shape index (κ1) is 16.3. The van der Waals surface area contributed by atoms with Crippen molar-refractivity contribution in [2.24, 2.45) is 11.8 Å². The predicted molar refractivity (Wildman–Crippen MR) is 89.5 cm³/mol. The minimum absolute atomic E-state index is 0.0418. The van der Waals surface area contributed by atoms with Gasteiger partial charge in [-0.15, -0.1) is 0 Å². The van der Waals surface area contributed by atoms with E-state index >= 15 is 0 Å². The summed E-state index contributed by atoms with van der Waals surface area (Å²) in [5.41, 5.74) is 0.545. The normalized spacial score (nSPS) is 27.9. The van der Waals surface area contributed by atoms with Crippen molar-refractivity contribution in [2.75, 3.05) is 25.0 Å². The van der Waals surface area contributed by atoms with E-state index < -0.39 is 0 Å². The molecule has 3 fully saturated rings. The summed E-state index contributed by atoms with van der Waals surface area (Å²) in [6.45, 7) is 1.61. The molecule has 3 aliphatic rings. The quantitative estimate of drug-likeness (QED) is 0.875. The van der Waals surface area contributed by atoms with Gasteiger partial charge in [-0.25, -0.2) is 9.18 Å². The molecule has 7 heteroatoms. The monoisotopic (exact) mass is 347 g/mol. The minimum Gasteiger partial charge on any atom is -0.370 e. The van der Waals surface area contributed by atoms with E-state index in [1.807, 2.05) is 0 Å². The number of benzene rings is 1. The predicted octanol–water partition coefficient (Wildman–Crippen LogP) is 1.97. The molecular formula is C18H22FN3O3. The number of urea groups is 1. The fourth-order valence-electron chi connectivity index (χ4n) is 3.53. The number of hydrogen-bond donors (Lipinski definition) is 2. The molecule has 0 unspecified atom stereocenters. The van der Waals surface area contributed by atoms with E-state index in [4.69, 9.17) is 4.74 Å². The largest absolute Gasteiger partial charge is 0.370 e. The first-order valence-electron chi connectivity index (χ1n) is 8.83. The number of fused-ring (bicyclic) bond motifs is 2. The molecule has 134 valence electrons. The van der Waals surface area contributed by atoms with Crippen LogP contribution < -0.4 is 10.6 Å². The average Bonchev–Trinajstić information content (AvgIpc) is 3.39. The number of hydrogen-bond acceptors (Lipinski definition) is 3. The van der Waals surface area contributed by atoms with Crippen LogP contribution in [-0.2, 0) is 9.53 Å². The van der Waals surface area contributed by atoms with Crippen LogP contribution in [0, 0.1) is 17.7 Å². The van der Waals surface area contributed by atoms with Gasteiger partial charge in [0.05, 0.1) is 18.1 Å². The standard InChI is InChI=1S/C18H22FN3O3/c19-12-3-5-13(6-4-12)21-18(24)22-9-14-7-15(16(10-22)25-14)17(23)20-8-11-1-2-11/h3-6,11,14-16H,1-2,7-10H2,(H,20,23)(H,21,24)/t14-,15+,16-/m0/s1. The second-order valence-corrected chi connectivity index (χ2v) is 7.17. The summed E-state index contributed by atoms with van der Waals surface area (Å²) in [4.78, 5) is 26.5. The maximum absolute atomic E-state index is 12.9. The molecule has 0 spiro atoms. The number of amides is 3. The molecule has 2 aliphatic heterocycles. The van der Waals surface area contributed by atoms with Crippen molar-refractivity contribution in [3.05, 3.63) is 30.1 Å². The highest BCUT2D eigenvalue weighted by atomic mass is 19.1. The van der Waals surface area contributed by atoms with Crippen LogP contribution >= 0.6 is 0 Å². The van der Waals surface area contributed by atoms with Gasteiger partial charge in [-0.1, -0.05) is 0 Å². The highest BCUT2D eigenvalue weighted by Crippen LogP contribution is 2.33. The molecule has 2 heterocycles. The third-order valence-electron chi connectivity index (χ3n) is 5.14. The molecule has 2 N–H and O–H groups in total. The van der Waals surface area contributed by atoms with Gasteiger partial charge in [0.1, 0.15) is 5.82 Å². The Hall–Kier alpha value is -2.15. The Morgan fingerprint density at radius 2 is 1.96 bits per heavy atom. The number of halogens is 1. The van der Waals surface area contributed by atoms with Crippen LogP contribution in [0.15, 0.2) is 24.3 Å². The molecule has 0 radical (unpaired) electrons. The molecule has 3 atom stereocenters. The lowest BCUT2D eigenvalue weighted by molar-refractivity contribution is -0.127. The molecule has 6 nitrogen and oxygen atoms in total. The van der Waals surface area contributed by atoms with Crippen LogP contribution in [0.4, 0.5) is 14.9 Å². The number of carbonyl (C=O) groups is 2. The SMILES string of the molecule is O=C(NCC1CC1)[C@@H]1C[C@H]2CN(C(=O)Nc3ccc(F)cc3)C[C@@H]1O2. The first-order chi connectivity index (χ1) is 12.1. The number of likely N-dealkylation sites (tertiary alicyclic amines) is 1. The van der Waals surface area contributed by atoms with Crippen molar-refractivity contribution in [1.29, 1.82) is 0 Å². The van der Waals surface area contributed by atoms with Crippen molar-refractivity contribution in [3.8, 4) is 0 Å². The fourth-order valence-corrected chi connectivity index (χ4v) is 3.53. The van der Waals surface area contributed by atoms with Gasteiger partial charge in [0.25, 0.3) is 0 Å². The summed E-state index contributed by atoms with van der Waals surface area (Å²) >= 11 is 0. The van der Waals surface area contributed by atoms with E-state index in [-0.39, 0.29) is 35.9 Å². The summed E-state index contributed by atoms with van der Waals surface area (Å²) in [6.07, 6.45) is 2.70. The Bertz CT molecular complexity index is 662. The van der Waals surface area contributed by atoms with Gasteiger partial charge in [0, 0.05) is 25.3 Å². The number of ether oxygens (including phenoxy) is 1. The van der Waals surface area contributed by atoms with Crippen LogP contribution in [0.1, 0.15) is 19.3 Å². The molecule has 25 heavy (non-hydrogen) atoms. The highest BCUT2D eigenvalue weighted by Gasteiger charge is 2.45. The maximum atomic E-state index is 12.9. The van der Waals surface area contributed by atoms with E-state index in [1.165, 1.54) is 37.1 Å². The van der Waals surface area contributed by atoms with Crippen molar-refractivity contribution in [2.45, 2.75) is 31.5 Å². The van der Waals surface area contributed by atoms with Crippen LogP contribution in [0.3, 0.4) is 0 Å². The van der Waals surface area contributed by atoms with Gasteiger partial charge in [-0.2, -0.15) is 0 Å². The van der Waals surface area contributed by atoms with E-state index in [2.05, 4.69) is 10.6 Å². The summed E-state index contributed by atoms with van der Waals surface area (Å²) in [6, 6.07) is 5.41. The van der Waals surface area contributed by atoms with E-state index in [1.54, 1.807) is 4.90 Å². The van der Waals surface area contributed by atoms with Gasteiger partial charge in [0.15, 0.2) is 0 Å². The molecule has 1 aromatic carbocycles. The van der Waals surface area contributed by atoms with Crippen LogP contribution in [0.25, 0.3) is 0 Å². The maximum Gasteiger partial charge on any atom is 0.322 e. The third-order valence-corrected chi connectivity index (χ3v) is 5.14. The van der Waals surface area contributed by atoms with Gasteiger partial charge < -0.3 is 20.3 Å². The second kappa shape index (κ2) is 6.63. The van der Waals surface area contributed by atoms with Crippen molar-refractivity contribution < 1.29 is 18.7 Å². The molecular weight excluding hydrogens is 325 g/mol. The fraction of sp³-hybridized carbons (Fsp3) is 0.556. The van der Waals surface area contributed by atoms with E-state index in [0.29, 0.717) is 31.1 Å². The van der Waals surface area contributed by atoms with Crippen LogP contribution in [0.2, 0.25) is 0 Å². The smallest absolute Gasteiger partial charge is 0.322 e. The zero-order chi connectivity index (χ0) is 17.4. The van der Waals surface area contributed by atoms with Crippen molar-refractivity contribution in [3.63, 3.8) is 0 Å². The van der Waals surface area contributed by atoms with Crippen LogP contribution in [-0.4, -0.2) is 48.7 Å². The lowest BCUT2D eigenvalue weighted by atomic mass is 9.99. The van der Waals surface area contributed by atoms with Crippen LogP contribution in [0.5, 0.6) is 0 Å². The number of anilines is 1. The summed E-state index contributed by atoms with van der Waals surface area (Å²) in [5, 5.41) is 5.78. The number of nitrogens with one attached hydrogen (secondary N) is 2. The number of morpholine rings is 1. The Balaban J connectivity index is 1.33. The van der Waals surface area contributed by atoms with E-state index in [0.717, 1.165) is 6.54 Å². The third kappa shape index (κ3) is 3.76. The Morgan fingerprint density at radius 3 is 2.68 bits per heavy atom. The lowest BCUT2D eigenvalue weighted by Crippen LogP contribution is -2.49. The summed E-state index contributed by atoms with van der Waals surface area (Å²) < 4.78 is 18.8. The van der Waals surface area contributed by atoms with Gasteiger partial charge in [-0.05, 0) is 49.4 Å². The molecule has 1 aromatic rings. The lowest BCUT2D eigenvalue weighted by Gasteiger charge is -2.32. The molecule has 2 bridgehead atoms. The number of nitrogens with zero attached hydrogens (tertiary/aromatic N) is 1. The van der Waals surface area contributed by atoms with Gasteiger partial charge >= 0.3 is 6.03 Å².